The zero-order valence-electron chi connectivity index (χ0n) is 19.0. The predicted octanol–water partition coefficient (Wildman–Crippen LogP) is 3.00. The fourth-order valence-corrected chi connectivity index (χ4v) is 2.98. The van der Waals surface area contributed by atoms with E-state index in [-0.39, 0.29) is 17.3 Å². The van der Waals surface area contributed by atoms with Crippen LogP contribution in [0.5, 0.6) is 0 Å². The third-order valence-corrected chi connectivity index (χ3v) is 5.02. The third-order valence-electron chi connectivity index (χ3n) is 4.14. The summed E-state index contributed by atoms with van der Waals surface area (Å²) in [5, 5.41) is 20.5. The monoisotopic (exact) mass is 468 g/mol. The summed E-state index contributed by atoms with van der Waals surface area (Å²) in [4.78, 5) is 0. The Hall–Kier alpha value is -2.81. The zero-order valence-corrected chi connectivity index (χ0v) is 19.9. The number of morpholine rings is 1. The van der Waals surface area contributed by atoms with Gasteiger partial charge in [0.25, 0.3) is 0 Å². The number of amidine groups is 1. The van der Waals surface area contributed by atoms with Crippen LogP contribution in [0.1, 0.15) is 30.7 Å². The second-order valence-electron chi connectivity index (χ2n) is 5.83. The molecule has 1 saturated heterocycles. The second kappa shape index (κ2) is 17.8. The molecule has 1 aliphatic carbocycles. The highest BCUT2D eigenvalue weighted by atomic mass is 32.2. The second-order valence-corrected chi connectivity index (χ2v) is 6.72. The number of ether oxygens (including phenoxy) is 1. The van der Waals surface area contributed by atoms with E-state index in [1.807, 2.05) is 19.9 Å². The number of aryl methyl sites for hydroxylation is 2. The standard InChI is InChI=1S/C8H7F.C5H11NOS.C4H7N5O2.C2H6.C2H2/c9-8-4-3-6-1-2-7(6)5-8;1-8-6-2-4-7-5-3-6;1-6-4-2(3(5)7-10)8-11-9-4;2*1-2/h3-5H,1-2H2;2-5H2,1H3;10H,1H3,(H2,5,7)(H,6,9);1-2H3;1-2H. The summed E-state index contributed by atoms with van der Waals surface area (Å²) < 4.78 is 24.2. The molecule has 0 spiro atoms. The van der Waals surface area contributed by atoms with Crippen LogP contribution in [0.25, 0.3) is 0 Å². The number of fused-ring (bicyclic) bond motifs is 1. The molecular formula is C21H33FN6O3S. The number of rotatable bonds is 3. The number of terminal acetylenes is 1. The average Bonchev–Trinajstić information content (AvgIpc) is 3.34. The van der Waals surface area contributed by atoms with Crippen LogP contribution in [-0.2, 0) is 17.6 Å². The van der Waals surface area contributed by atoms with Crippen molar-refractivity contribution in [3.8, 4) is 12.8 Å². The summed E-state index contributed by atoms with van der Waals surface area (Å²) in [6.07, 6.45) is 12.3. The number of hydrogen-bond acceptors (Lipinski definition) is 9. The molecule has 32 heavy (non-hydrogen) atoms. The van der Waals surface area contributed by atoms with E-state index in [0.29, 0.717) is 5.82 Å². The van der Waals surface area contributed by atoms with Gasteiger partial charge in [-0.3, -0.25) is 0 Å². The zero-order chi connectivity index (χ0) is 24.4. The highest BCUT2D eigenvalue weighted by Gasteiger charge is 2.12. The Balaban J connectivity index is 0.000000421. The van der Waals surface area contributed by atoms with E-state index in [1.165, 1.54) is 17.2 Å². The molecule has 0 bridgehead atoms. The van der Waals surface area contributed by atoms with Gasteiger partial charge in [0, 0.05) is 20.1 Å². The van der Waals surface area contributed by atoms with Crippen molar-refractivity contribution >= 4 is 23.6 Å². The molecule has 0 amide bonds. The fraction of sp³-hybridized carbons (Fsp3) is 0.476. The minimum Gasteiger partial charge on any atom is -0.409 e. The van der Waals surface area contributed by atoms with Crippen molar-refractivity contribution in [3.05, 3.63) is 40.8 Å². The van der Waals surface area contributed by atoms with Gasteiger partial charge >= 0.3 is 0 Å². The van der Waals surface area contributed by atoms with Crippen molar-refractivity contribution in [1.82, 2.24) is 14.6 Å². The molecule has 0 unspecified atom stereocenters. The first-order chi connectivity index (χ1) is 15.6. The highest BCUT2D eigenvalue weighted by Crippen LogP contribution is 2.22. The largest absolute Gasteiger partial charge is 0.409 e. The van der Waals surface area contributed by atoms with Crippen molar-refractivity contribution in [1.29, 1.82) is 0 Å². The van der Waals surface area contributed by atoms with Crippen LogP contribution in [0, 0.1) is 18.7 Å². The molecule has 4 rings (SSSR count). The van der Waals surface area contributed by atoms with Gasteiger partial charge in [0.15, 0.2) is 11.5 Å². The van der Waals surface area contributed by atoms with Gasteiger partial charge in [-0.1, -0.05) is 37.0 Å². The molecule has 4 N–H and O–H groups in total. The van der Waals surface area contributed by atoms with Crippen LogP contribution in [0.4, 0.5) is 10.2 Å². The van der Waals surface area contributed by atoms with Gasteiger partial charge in [0.2, 0.25) is 5.82 Å². The molecule has 178 valence electrons. The molecule has 1 aliphatic heterocycles. The molecular weight excluding hydrogens is 435 g/mol. The molecule has 0 radical (unpaired) electrons. The SMILES string of the molecule is C#C.CC.CNc1nonc1/C(N)=N\O.CSN1CCOCC1.Fc1ccc2c(c1)CC2. The third kappa shape index (κ3) is 10.00. The van der Waals surface area contributed by atoms with E-state index < -0.39 is 0 Å². The molecule has 0 saturated carbocycles. The van der Waals surface area contributed by atoms with Crippen molar-refractivity contribution in [2.75, 3.05) is 44.9 Å². The minimum atomic E-state index is -0.143. The number of aromatic nitrogens is 2. The first kappa shape index (κ1) is 29.2. The van der Waals surface area contributed by atoms with Crippen LogP contribution >= 0.6 is 11.9 Å². The van der Waals surface area contributed by atoms with Crippen molar-refractivity contribution < 1.29 is 19.0 Å². The van der Waals surface area contributed by atoms with Gasteiger partial charge in [-0.05, 0) is 52.7 Å². The molecule has 2 heterocycles. The summed E-state index contributed by atoms with van der Waals surface area (Å²) in [7, 11) is 1.62. The van der Waals surface area contributed by atoms with E-state index in [0.717, 1.165) is 39.1 Å². The summed E-state index contributed by atoms with van der Waals surface area (Å²) in [6.45, 7) is 7.98. The number of hydrogen-bond donors (Lipinski definition) is 3. The van der Waals surface area contributed by atoms with Gasteiger partial charge in [-0.25, -0.2) is 13.3 Å². The smallest absolute Gasteiger partial charge is 0.202 e. The number of benzene rings is 1. The first-order valence-corrected chi connectivity index (χ1v) is 11.2. The molecule has 1 fully saturated rings. The molecule has 2 aromatic rings. The summed E-state index contributed by atoms with van der Waals surface area (Å²) in [5.41, 5.74) is 7.91. The number of oxime groups is 1. The van der Waals surface area contributed by atoms with E-state index in [2.05, 4.69) is 48.8 Å². The van der Waals surface area contributed by atoms with E-state index >= 15 is 0 Å². The number of halogens is 1. The Morgan fingerprint density at radius 1 is 1.22 bits per heavy atom. The summed E-state index contributed by atoms with van der Waals surface area (Å²) in [6, 6.07) is 5.02. The fourth-order valence-electron chi connectivity index (χ4n) is 2.46. The van der Waals surface area contributed by atoms with E-state index in [1.54, 1.807) is 25.1 Å². The Morgan fingerprint density at radius 2 is 1.84 bits per heavy atom. The minimum absolute atomic E-state index is 0.103. The quantitative estimate of drug-likeness (QED) is 0.156. The summed E-state index contributed by atoms with van der Waals surface area (Å²) >= 11 is 1.80. The Morgan fingerprint density at radius 3 is 2.25 bits per heavy atom. The van der Waals surface area contributed by atoms with Gasteiger partial charge in [0.05, 0.1) is 13.2 Å². The Kier molecular flexibility index (Phi) is 16.3. The molecule has 0 atom stereocenters. The average molecular weight is 469 g/mol. The van der Waals surface area contributed by atoms with Crippen LogP contribution in [0.3, 0.4) is 0 Å². The molecule has 1 aromatic carbocycles. The van der Waals surface area contributed by atoms with Crippen LogP contribution in [-0.4, -0.2) is 65.3 Å². The number of anilines is 1. The van der Waals surface area contributed by atoms with Crippen molar-refractivity contribution in [2.45, 2.75) is 26.7 Å². The van der Waals surface area contributed by atoms with Crippen LogP contribution in [0.15, 0.2) is 28.0 Å². The van der Waals surface area contributed by atoms with Crippen LogP contribution < -0.4 is 11.1 Å². The molecule has 9 nitrogen and oxygen atoms in total. The molecule has 11 heteroatoms. The lowest BCUT2D eigenvalue weighted by atomic mass is 9.89. The van der Waals surface area contributed by atoms with Gasteiger partial charge in [0.1, 0.15) is 5.82 Å². The van der Waals surface area contributed by atoms with Crippen molar-refractivity contribution in [3.63, 3.8) is 0 Å². The van der Waals surface area contributed by atoms with Crippen LogP contribution in [0.2, 0.25) is 0 Å². The van der Waals surface area contributed by atoms with Gasteiger partial charge in [-0.15, -0.1) is 12.8 Å². The Bertz CT molecular complexity index is 810. The summed E-state index contributed by atoms with van der Waals surface area (Å²) in [5.74, 6) is 0.0874. The maximum Gasteiger partial charge on any atom is 0.202 e. The lowest BCUT2D eigenvalue weighted by Crippen LogP contribution is -2.30. The lowest BCUT2D eigenvalue weighted by Gasteiger charge is -2.23. The highest BCUT2D eigenvalue weighted by molar-refractivity contribution is 7.96. The maximum atomic E-state index is 12.4. The first-order valence-electron chi connectivity index (χ1n) is 10.0. The van der Waals surface area contributed by atoms with E-state index in [4.69, 9.17) is 15.7 Å². The normalized spacial score (nSPS) is 14.2. The van der Waals surface area contributed by atoms with Crippen molar-refractivity contribution in [2.24, 2.45) is 10.9 Å². The maximum absolute atomic E-state index is 12.4. The molecule has 2 aliphatic rings. The van der Waals surface area contributed by atoms with Gasteiger partial charge in [-0.2, -0.15) is 0 Å². The predicted molar refractivity (Wildman–Crippen MR) is 127 cm³/mol. The topological polar surface area (TPSA) is 122 Å². The number of nitrogens with two attached hydrogens (primary N) is 1. The number of nitrogens with one attached hydrogen (secondary N) is 1. The van der Waals surface area contributed by atoms with E-state index in [9.17, 15) is 4.39 Å². The van der Waals surface area contributed by atoms with Gasteiger partial charge < -0.3 is 21.0 Å². The number of nitrogens with zero attached hydrogens (tertiary/aromatic N) is 4. The molecule has 1 aromatic heterocycles. The Labute approximate surface area is 193 Å². The lowest BCUT2D eigenvalue weighted by molar-refractivity contribution is 0.0775.